The summed E-state index contributed by atoms with van der Waals surface area (Å²) in [5, 5.41) is 12.0. The molecule has 0 radical (unpaired) electrons. The van der Waals surface area contributed by atoms with Crippen LogP contribution in [0, 0.1) is 19.7 Å². The molecule has 0 aliphatic carbocycles. The van der Waals surface area contributed by atoms with E-state index in [1.165, 1.54) is 6.07 Å². The fourth-order valence-electron chi connectivity index (χ4n) is 3.68. The number of nitrogens with one attached hydrogen (secondary N) is 3. The number of fused-ring (bicyclic) bond motifs is 1. The average molecular weight is 561 g/mol. The van der Waals surface area contributed by atoms with Gasteiger partial charge in [-0.25, -0.2) is 19.0 Å². The Labute approximate surface area is 209 Å². The number of rotatable bonds is 7. The van der Waals surface area contributed by atoms with Gasteiger partial charge in [-0.1, -0.05) is 6.07 Å². The number of benzene rings is 1. The first-order chi connectivity index (χ1) is 15.5. The van der Waals surface area contributed by atoms with E-state index in [2.05, 4.69) is 30.7 Å². The molecule has 0 fully saturated rings. The number of pyridine rings is 1. The third kappa shape index (κ3) is 6.10. The standard InChI is InChI=1S/C24H28FN7.HI/c1-4-26-24(27-10-9-19-15-28-22-7-6-20(25)12-21(19)22)30-14-18-5-8-23(29-13-18)32-17(3)11-16(2)31-32;/h5-8,11-13,15,28H,4,9-10,14H2,1-3H3,(H2,26,27,30);1H. The first kappa shape index (κ1) is 24.7. The molecular formula is C24H29FIN7. The lowest BCUT2D eigenvalue weighted by atomic mass is 10.1. The fourth-order valence-corrected chi connectivity index (χ4v) is 3.68. The molecule has 1 aromatic carbocycles. The van der Waals surface area contributed by atoms with E-state index in [4.69, 9.17) is 0 Å². The Balaban J connectivity index is 0.00000306. The summed E-state index contributed by atoms with van der Waals surface area (Å²) in [6.45, 7) is 7.98. The number of aryl methyl sites for hydroxylation is 2. The molecule has 0 saturated heterocycles. The minimum absolute atomic E-state index is 0. The van der Waals surface area contributed by atoms with Gasteiger partial charge < -0.3 is 15.6 Å². The number of aromatic nitrogens is 4. The van der Waals surface area contributed by atoms with Gasteiger partial charge in [-0.3, -0.25) is 0 Å². The van der Waals surface area contributed by atoms with E-state index in [1.807, 2.05) is 56.0 Å². The maximum atomic E-state index is 13.6. The van der Waals surface area contributed by atoms with Gasteiger partial charge >= 0.3 is 0 Å². The minimum atomic E-state index is -0.223. The van der Waals surface area contributed by atoms with Crippen molar-refractivity contribution in [3.63, 3.8) is 0 Å². The zero-order valence-corrected chi connectivity index (χ0v) is 21.4. The van der Waals surface area contributed by atoms with Crippen molar-refractivity contribution in [3.05, 3.63) is 77.1 Å². The van der Waals surface area contributed by atoms with Crippen molar-refractivity contribution in [2.45, 2.75) is 33.7 Å². The molecule has 174 valence electrons. The van der Waals surface area contributed by atoms with E-state index in [0.717, 1.165) is 58.2 Å². The molecule has 0 bridgehead atoms. The average Bonchev–Trinajstić information content (AvgIpc) is 3.34. The summed E-state index contributed by atoms with van der Waals surface area (Å²) in [5.74, 6) is 1.31. The number of aliphatic imine (C=N–C) groups is 1. The van der Waals surface area contributed by atoms with Crippen LogP contribution in [0.3, 0.4) is 0 Å². The van der Waals surface area contributed by atoms with E-state index < -0.39 is 0 Å². The van der Waals surface area contributed by atoms with Crippen LogP contribution in [0.15, 0.2) is 53.8 Å². The number of H-pyrrole nitrogens is 1. The molecule has 9 heteroatoms. The van der Waals surface area contributed by atoms with Gasteiger partial charge in [0, 0.05) is 42.1 Å². The van der Waals surface area contributed by atoms with Crippen molar-refractivity contribution < 1.29 is 4.39 Å². The maximum Gasteiger partial charge on any atom is 0.191 e. The van der Waals surface area contributed by atoms with Gasteiger partial charge in [-0.2, -0.15) is 5.10 Å². The van der Waals surface area contributed by atoms with Gasteiger partial charge in [-0.15, -0.1) is 24.0 Å². The fraction of sp³-hybridized carbons (Fsp3) is 0.292. The topological polar surface area (TPSA) is 82.9 Å². The zero-order chi connectivity index (χ0) is 22.5. The van der Waals surface area contributed by atoms with Crippen LogP contribution in [0.25, 0.3) is 16.7 Å². The van der Waals surface area contributed by atoms with E-state index in [-0.39, 0.29) is 29.8 Å². The number of aromatic amines is 1. The van der Waals surface area contributed by atoms with Crippen LogP contribution in [0.4, 0.5) is 4.39 Å². The Morgan fingerprint density at radius 1 is 1.15 bits per heavy atom. The summed E-state index contributed by atoms with van der Waals surface area (Å²) in [4.78, 5) is 12.4. The summed E-state index contributed by atoms with van der Waals surface area (Å²) in [6, 6.07) is 10.8. The molecule has 3 aromatic heterocycles. The quantitative estimate of drug-likeness (QED) is 0.177. The van der Waals surface area contributed by atoms with Crippen molar-refractivity contribution in [1.82, 2.24) is 30.4 Å². The van der Waals surface area contributed by atoms with Gasteiger partial charge in [0.25, 0.3) is 0 Å². The predicted molar refractivity (Wildman–Crippen MR) is 141 cm³/mol. The summed E-state index contributed by atoms with van der Waals surface area (Å²) in [5.41, 5.74) is 5.05. The lowest BCUT2D eigenvalue weighted by Crippen LogP contribution is -2.38. The summed E-state index contributed by atoms with van der Waals surface area (Å²) >= 11 is 0. The molecule has 3 heterocycles. The van der Waals surface area contributed by atoms with E-state index in [0.29, 0.717) is 13.1 Å². The number of hydrogen-bond donors (Lipinski definition) is 3. The lowest BCUT2D eigenvalue weighted by molar-refractivity contribution is 0.629. The number of guanidine groups is 1. The largest absolute Gasteiger partial charge is 0.361 e. The van der Waals surface area contributed by atoms with Gasteiger partial charge in [-0.05, 0) is 68.7 Å². The molecule has 0 aliphatic rings. The third-order valence-electron chi connectivity index (χ3n) is 5.22. The van der Waals surface area contributed by atoms with E-state index >= 15 is 0 Å². The Hall–Kier alpha value is -2.95. The van der Waals surface area contributed by atoms with Crippen LogP contribution in [0.1, 0.15) is 29.4 Å². The van der Waals surface area contributed by atoms with Crippen LogP contribution in [-0.2, 0) is 13.0 Å². The first-order valence-corrected chi connectivity index (χ1v) is 10.8. The van der Waals surface area contributed by atoms with Crippen LogP contribution in [-0.4, -0.2) is 38.8 Å². The molecule has 4 aromatic rings. The van der Waals surface area contributed by atoms with Crippen molar-refractivity contribution >= 4 is 40.8 Å². The molecule has 0 spiro atoms. The highest BCUT2D eigenvalue weighted by Crippen LogP contribution is 2.19. The summed E-state index contributed by atoms with van der Waals surface area (Å²) in [7, 11) is 0. The Morgan fingerprint density at radius 3 is 2.70 bits per heavy atom. The maximum absolute atomic E-state index is 13.6. The monoisotopic (exact) mass is 561 g/mol. The molecule has 7 nitrogen and oxygen atoms in total. The van der Waals surface area contributed by atoms with Crippen LogP contribution < -0.4 is 10.6 Å². The highest BCUT2D eigenvalue weighted by Gasteiger charge is 2.07. The van der Waals surface area contributed by atoms with Gasteiger partial charge in [0.05, 0.1) is 12.2 Å². The lowest BCUT2D eigenvalue weighted by Gasteiger charge is -2.11. The predicted octanol–water partition coefficient (Wildman–Crippen LogP) is 4.42. The SMILES string of the molecule is CCNC(=NCc1ccc(-n2nc(C)cc2C)nc1)NCCc1c[nH]c2ccc(F)cc12.I. The minimum Gasteiger partial charge on any atom is -0.361 e. The molecule has 0 aliphatic heterocycles. The molecule has 0 atom stereocenters. The molecular weight excluding hydrogens is 532 g/mol. The zero-order valence-electron chi connectivity index (χ0n) is 19.0. The highest BCUT2D eigenvalue weighted by atomic mass is 127. The normalized spacial score (nSPS) is 11.5. The van der Waals surface area contributed by atoms with Gasteiger partial charge in [0.2, 0.25) is 0 Å². The van der Waals surface area contributed by atoms with Crippen molar-refractivity contribution in [2.75, 3.05) is 13.1 Å². The van der Waals surface area contributed by atoms with E-state index in [9.17, 15) is 4.39 Å². The van der Waals surface area contributed by atoms with Gasteiger partial charge in [0.15, 0.2) is 11.8 Å². The summed E-state index contributed by atoms with van der Waals surface area (Å²) in [6.07, 6.45) is 4.53. The molecule has 0 saturated carbocycles. The smallest absolute Gasteiger partial charge is 0.191 e. The van der Waals surface area contributed by atoms with Crippen molar-refractivity contribution in [3.8, 4) is 5.82 Å². The Kier molecular flexibility index (Phi) is 8.43. The highest BCUT2D eigenvalue weighted by molar-refractivity contribution is 14.0. The molecule has 0 amide bonds. The first-order valence-electron chi connectivity index (χ1n) is 10.8. The number of nitrogens with zero attached hydrogens (tertiary/aromatic N) is 4. The Bertz CT molecular complexity index is 1230. The third-order valence-corrected chi connectivity index (χ3v) is 5.22. The van der Waals surface area contributed by atoms with Crippen LogP contribution >= 0.6 is 24.0 Å². The molecule has 4 rings (SSSR count). The molecule has 33 heavy (non-hydrogen) atoms. The van der Waals surface area contributed by atoms with Crippen LogP contribution in [0.2, 0.25) is 0 Å². The number of hydrogen-bond acceptors (Lipinski definition) is 3. The Morgan fingerprint density at radius 2 is 2.00 bits per heavy atom. The van der Waals surface area contributed by atoms with Crippen molar-refractivity contribution in [1.29, 1.82) is 0 Å². The molecule has 3 N–H and O–H groups in total. The molecule has 0 unspecified atom stereocenters. The van der Waals surface area contributed by atoms with Crippen LogP contribution in [0.5, 0.6) is 0 Å². The van der Waals surface area contributed by atoms with E-state index in [1.54, 1.807) is 12.1 Å². The van der Waals surface area contributed by atoms with Crippen molar-refractivity contribution in [2.24, 2.45) is 4.99 Å². The summed E-state index contributed by atoms with van der Waals surface area (Å²) < 4.78 is 15.4. The second kappa shape index (κ2) is 11.3. The number of halogens is 2. The second-order valence-corrected chi connectivity index (χ2v) is 7.74. The second-order valence-electron chi connectivity index (χ2n) is 7.74. The van der Waals surface area contributed by atoms with Gasteiger partial charge in [0.1, 0.15) is 5.82 Å².